The maximum absolute atomic E-state index is 11.3. The Kier molecular flexibility index (Phi) is 6.30. The van der Waals surface area contributed by atoms with Gasteiger partial charge < -0.3 is 9.47 Å². The third-order valence-corrected chi connectivity index (χ3v) is 3.12. The molecule has 0 N–H and O–H groups in total. The summed E-state index contributed by atoms with van der Waals surface area (Å²) in [7, 11) is 1.57. The van der Waals surface area contributed by atoms with Crippen LogP contribution in [0.25, 0.3) is 0 Å². The lowest BCUT2D eigenvalue weighted by Crippen LogP contribution is -2.05. The average molecular weight is 291 g/mol. The van der Waals surface area contributed by atoms with Gasteiger partial charge >= 0.3 is 5.97 Å². The molecule has 0 bridgehead atoms. The predicted molar refractivity (Wildman–Crippen MR) is 72.5 cm³/mol. The highest BCUT2D eigenvalue weighted by Gasteiger charge is 2.16. The third kappa shape index (κ3) is 4.39. The second-order valence-electron chi connectivity index (χ2n) is 3.70. The van der Waals surface area contributed by atoms with Crippen LogP contribution in [0, 0.1) is 0 Å². The molecule has 100 valence electrons. The SMILES string of the molecule is CCOC(=O)CCC(Cl)c1cc(Cl)ccc1OC. The molecule has 0 heterocycles. The quantitative estimate of drug-likeness (QED) is 0.587. The van der Waals surface area contributed by atoms with Gasteiger partial charge in [0, 0.05) is 17.0 Å². The van der Waals surface area contributed by atoms with Gasteiger partial charge in [0.05, 0.1) is 19.1 Å². The highest BCUT2D eigenvalue weighted by Crippen LogP contribution is 2.34. The molecule has 0 aliphatic heterocycles. The van der Waals surface area contributed by atoms with E-state index >= 15 is 0 Å². The van der Waals surface area contributed by atoms with Crippen molar-refractivity contribution in [2.24, 2.45) is 0 Å². The first-order valence-electron chi connectivity index (χ1n) is 5.71. The molecule has 18 heavy (non-hydrogen) atoms. The van der Waals surface area contributed by atoms with Gasteiger partial charge in [-0.2, -0.15) is 0 Å². The molecule has 0 amide bonds. The maximum Gasteiger partial charge on any atom is 0.305 e. The van der Waals surface area contributed by atoms with Crippen molar-refractivity contribution in [3.63, 3.8) is 0 Å². The van der Waals surface area contributed by atoms with Crippen molar-refractivity contribution in [2.45, 2.75) is 25.1 Å². The van der Waals surface area contributed by atoms with Crippen LogP contribution >= 0.6 is 23.2 Å². The second kappa shape index (κ2) is 7.49. The molecular formula is C13H16Cl2O3. The van der Waals surface area contributed by atoms with Crippen LogP contribution in [0.3, 0.4) is 0 Å². The molecule has 1 aromatic carbocycles. The Morgan fingerprint density at radius 3 is 2.78 bits per heavy atom. The molecule has 0 spiro atoms. The Morgan fingerprint density at radius 1 is 1.44 bits per heavy atom. The minimum atomic E-state index is -0.331. The Labute approximate surface area is 117 Å². The number of alkyl halides is 1. The van der Waals surface area contributed by atoms with Crippen molar-refractivity contribution in [2.75, 3.05) is 13.7 Å². The summed E-state index contributed by atoms with van der Waals surface area (Å²) in [6, 6.07) is 5.25. The molecule has 1 atom stereocenters. The predicted octanol–water partition coefficient (Wildman–Crippen LogP) is 3.97. The van der Waals surface area contributed by atoms with Crippen molar-refractivity contribution >= 4 is 29.2 Å². The molecule has 0 radical (unpaired) electrons. The highest BCUT2D eigenvalue weighted by atomic mass is 35.5. The fourth-order valence-electron chi connectivity index (χ4n) is 1.58. The van der Waals surface area contributed by atoms with Crippen LogP contribution in [0.2, 0.25) is 5.02 Å². The zero-order valence-electron chi connectivity index (χ0n) is 10.4. The number of carbonyl (C=O) groups excluding carboxylic acids is 1. The number of hydrogen-bond donors (Lipinski definition) is 0. The molecule has 0 saturated heterocycles. The number of carbonyl (C=O) groups is 1. The summed E-state index contributed by atoms with van der Waals surface area (Å²) in [5, 5.41) is 0.260. The van der Waals surface area contributed by atoms with Crippen LogP contribution in [-0.2, 0) is 9.53 Å². The molecular weight excluding hydrogens is 275 g/mol. The summed E-state index contributed by atoms with van der Waals surface area (Å²) >= 11 is 12.2. The van der Waals surface area contributed by atoms with Crippen LogP contribution in [-0.4, -0.2) is 19.7 Å². The first-order valence-corrected chi connectivity index (χ1v) is 6.53. The monoisotopic (exact) mass is 290 g/mol. The summed E-state index contributed by atoms with van der Waals surface area (Å²) in [5.74, 6) is 0.424. The van der Waals surface area contributed by atoms with Crippen LogP contribution in [0.1, 0.15) is 30.7 Å². The van der Waals surface area contributed by atoms with Crippen LogP contribution in [0.15, 0.2) is 18.2 Å². The average Bonchev–Trinajstić information content (AvgIpc) is 2.36. The summed E-state index contributed by atoms with van der Waals surface area (Å²) in [6.45, 7) is 2.16. The van der Waals surface area contributed by atoms with E-state index in [0.717, 1.165) is 5.56 Å². The Hall–Kier alpha value is -0.930. The minimum Gasteiger partial charge on any atom is -0.496 e. The van der Waals surface area contributed by atoms with Crippen LogP contribution in [0.5, 0.6) is 5.75 Å². The molecule has 5 heteroatoms. The molecule has 1 aromatic rings. The van der Waals surface area contributed by atoms with Gasteiger partial charge in [-0.1, -0.05) is 11.6 Å². The number of benzene rings is 1. The Morgan fingerprint density at radius 2 is 2.17 bits per heavy atom. The molecule has 0 saturated carbocycles. The van der Waals surface area contributed by atoms with E-state index in [1.165, 1.54) is 0 Å². The smallest absolute Gasteiger partial charge is 0.305 e. The second-order valence-corrected chi connectivity index (χ2v) is 4.66. The van der Waals surface area contributed by atoms with Gasteiger partial charge in [-0.25, -0.2) is 0 Å². The summed E-state index contributed by atoms with van der Waals surface area (Å²) in [5.41, 5.74) is 0.788. The first-order chi connectivity index (χ1) is 8.58. The topological polar surface area (TPSA) is 35.5 Å². The van der Waals surface area contributed by atoms with Gasteiger partial charge in [0.1, 0.15) is 5.75 Å². The lowest BCUT2D eigenvalue weighted by molar-refractivity contribution is -0.143. The fraction of sp³-hybridized carbons (Fsp3) is 0.462. The van der Waals surface area contributed by atoms with Gasteiger partial charge in [-0.05, 0) is 31.5 Å². The lowest BCUT2D eigenvalue weighted by Gasteiger charge is -2.14. The van der Waals surface area contributed by atoms with Crippen molar-refractivity contribution in [3.05, 3.63) is 28.8 Å². The van der Waals surface area contributed by atoms with Crippen molar-refractivity contribution in [3.8, 4) is 5.75 Å². The standard InChI is InChI=1S/C13H16Cl2O3/c1-3-18-13(16)7-5-11(15)10-8-9(14)4-6-12(10)17-2/h4,6,8,11H,3,5,7H2,1-2H3. The Bertz CT molecular complexity index is 407. The van der Waals surface area contributed by atoms with Gasteiger partial charge in [0.15, 0.2) is 0 Å². The summed E-state index contributed by atoms with van der Waals surface area (Å²) in [6.07, 6.45) is 0.759. The van der Waals surface area contributed by atoms with E-state index in [9.17, 15) is 4.79 Å². The van der Waals surface area contributed by atoms with Crippen LogP contribution in [0.4, 0.5) is 0 Å². The normalized spacial score (nSPS) is 12.0. The van der Waals surface area contributed by atoms with E-state index in [1.54, 1.807) is 32.2 Å². The van der Waals surface area contributed by atoms with Crippen LogP contribution < -0.4 is 4.74 Å². The summed E-state index contributed by atoms with van der Waals surface area (Å²) < 4.78 is 10.1. The molecule has 0 aliphatic rings. The van der Waals surface area contributed by atoms with Gasteiger partial charge in [0.2, 0.25) is 0 Å². The maximum atomic E-state index is 11.3. The van der Waals surface area contributed by atoms with Crippen molar-refractivity contribution < 1.29 is 14.3 Å². The highest BCUT2D eigenvalue weighted by molar-refractivity contribution is 6.31. The number of methoxy groups -OCH3 is 1. The minimum absolute atomic E-state index is 0.246. The van der Waals surface area contributed by atoms with Crippen molar-refractivity contribution in [1.82, 2.24) is 0 Å². The number of ether oxygens (including phenoxy) is 2. The van der Waals surface area contributed by atoms with Gasteiger partial charge in [-0.15, -0.1) is 11.6 Å². The fourth-order valence-corrected chi connectivity index (χ4v) is 2.04. The number of halogens is 2. The van der Waals surface area contributed by atoms with Gasteiger partial charge in [0.25, 0.3) is 0 Å². The van der Waals surface area contributed by atoms with Crippen molar-refractivity contribution in [1.29, 1.82) is 0 Å². The summed E-state index contributed by atoms with van der Waals surface area (Å²) in [4.78, 5) is 11.3. The van der Waals surface area contributed by atoms with E-state index in [1.807, 2.05) is 0 Å². The zero-order valence-corrected chi connectivity index (χ0v) is 11.9. The Balaban J connectivity index is 2.68. The first kappa shape index (κ1) is 15.1. The van der Waals surface area contributed by atoms with E-state index in [2.05, 4.69) is 0 Å². The molecule has 0 fully saturated rings. The molecule has 0 aliphatic carbocycles. The third-order valence-electron chi connectivity index (χ3n) is 2.44. The van der Waals surface area contributed by atoms with E-state index < -0.39 is 0 Å². The molecule has 3 nitrogen and oxygen atoms in total. The largest absolute Gasteiger partial charge is 0.496 e. The van der Waals surface area contributed by atoms with E-state index in [4.69, 9.17) is 32.7 Å². The van der Waals surface area contributed by atoms with E-state index in [0.29, 0.717) is 23.8 Å². The number of rotatable bonds is 6. The molecule has 0 aromatic heterocycles. The van der Waals surface area contributed by atoms with E-state index in [-0.39, 0.29) is 17.8 Å². The molecule has 1 unspecified atom stereocenters. The number of esters is 1. The number of hydrogen-bond acceptors (Lipinski definition) is 3. The molecule has 1 rings (SSSR count). The van der Waals surface area contributed by atoms with Gasteiger partial charge in [-0.3, -0.25) is 4.79 Å². The lowest BCUT2D eigenvalue weighted by atomic mass is 10.1. The zero-order chi connectivity index (χ0) is 13.5.